The number of nitrogens with zero attached hydrogens (tertiary/aromatic N) is 3. The Kier molecular flexibility index (Phi) is 10.6. The van der Waals surface area contributed by atoms with Gasteiger partial charge in [-0.1, -0.05) is 73.7 Å². The monoisotopic (exact) mass is 817 g/mol. The molecule has 308 valence electrons. The van der Waals surface area contributed by atoms with Gasteiger partial charge in [0.05, 0.1) is 66.1 Å². The summed E-state index contributed by atoms with van der Waals surface area (Å²) >= 11 is 0. The molecule has 0 bridgehead atoms. The Hall–Kier alpha value is -5.50. The van der Waals surface area contributed by atoms with Crippen LogP contribution in [-0.2, 0) is 53.8 Å². The van der Waals surface area contributed by atoms with E-state index in [1.54, 1.807) is 36.2 Å². The van der Waals surface area contributed by atoms with Gasteiger partial charge in [-0.15, -0.1) is 0 Å². The second kappa shape index (κ2) is 15.6. The largest absolute Gasteiger partial charge is 0.497 e. The zero-order valence-corrected chi connectivity index (χ0v) is 35.3. The molecule has 1 unspecified atom stereocenters. The fraction of sp³-hybridized carbons (Fsp3) is 0.391. The highest BCUT2D eigenvalue weighted by molar-refractivity contribution is 6.91. The Bertz CT molecular complexity index is 2280. The van der Waals surface area contributed by atoms with Crippen molar-refractivity contribution >= 4 is 48.3 Å². The number of hydrogen-bond acceptors (Lipinski definition) is 9. The molecule has 2 saturated heterocycles. The SMILES string of the molecule is COc1ccc([Si](C)(C)[C@H]2[C@H](CC(=O)N3Cc4ccccc4C[C@H]3CO)O[C@@]3(C(=O)N(Cc4ccc(N5C(=O)CC5OC(C)=O)cc4)c4ccc(OC)cc43)[C@@H]2C)cc1. The van der Waals surface area contributed by atoms with Crippen LogP contribution in [0.15, 0.2) is 91.0 Å². The summed E-state index contributed by atoms with van der Waals surface area (Å²) in [5.41, 5.74) is 3.38. The number of β-lactam (4-membered cyclic amide) rings is 1. The number of carbonyl (C=O) groups excluding carboxylic acids is 4. The summed E-state index contributed by atoms with van der Waals surface area (Å²) in [4.78, 5) is 59.1. The van der Waals surface area contributed by atoms with Crippen molar-refractivity contribution in [3.05, 3.63) is 113 Å². The molecule has 4 aromatic carbocycles. The van der Waals surface area contributed by atoms with E-state index in [4.69, 9.17) is 18.9 Å². The number of amides is 3. The first-order chi connectivity index (χ1) is 28.3. The maximum absolute atomic E-state index is 15.4. The topological polar surface area (TPSA) is 135 Å². The van der Waals surface area contributed by atoms with Gasteiger partial charge in [-0.25, -0.2) is 0 Å². The summed E-state index contributed by atoms with van der Waals surface area (Å²) < 4.78 is 23.8. The van der Waals surface area contributed by atoms with Gasteiger partial charge in [0, 0.05) is 30.6 Å². The second-order valence-corrected chi connectivity index (χ2v) is 21.4. The fourth-order valence-corrected chi connectivity index (χ4v) is 14.0. The number of aliphatic hydroxyl groups excluding tert-OH is 1. The van der Waals surface area contributed by atoms with Crippen LogP contribution in [0.4, 0.5) is 11.4 Å². The quantitative estimate of drug-likeness (QED) is 0.120. The summed E-state index contributed by atoms with van der Waals surface area (Å²) in [6.07, 6.45) is -0.543. The summed E-state index contributed by atoms with van der Waals surface area (Å²) in [6, 6.07) is 28.7. The van der Waals surface area contributed by atoms with E-state index in [2.05, 4.69) is 38.2 Å². The van der Waals surface area contributed by atoms with Crippen LogP contribution in [0.25, 0.3) is 0 Å². The molecule has 13 heteroatoms. The van der Waals surface area contributed by atoms with E-state index in [1.165, 1.54) is 11.8 Å². The molecule has 1 N–H and O–H groups in total. The molecule has 59 heavy (non-hydrogen) atoms. The third-order valence-electron chi connectivity index (χ3n) is 13.1. The molecule has 0 aromatic heterocycles. The number of rotatable bonds is 11. The lowest BCUT2D eigenvalue weighted by atomic mass is 9.82. The molecule has 6 atom stereocenters. The maximum atomic E-state index is 15.4. The first-order valence-corrected chi connectivity index (χ1v) is 23.3. The van der Waals surface area contributed by atoms with Gasteiger partial charge in [0.25, 0.3) is 5.91 Å². The zero-order valence-electron chi connectivity index (χ0n) is 34.3. The number of esters is 1. The maximum Gasteiger partial charge on any atom is 0.304 e. The fourth-order valence-electron chi connectivity index (χ4n) is 10.0. The molecule has 4 aliphatic heterocycles. The molecule has 0 radical (unpaired) electrons. The average molecular weight is 818 g/mol. The number of aliphatic hydroxyl groups is 1. The van der Waals surface area contributed by atoms with Crippen LogP contribution in [0.2, 0.25) is 18.6 Å². The Morgan fingerprint density at radius 3 is 2.22 bits per heavy atom. The van der Waals surface area contributed by atoms with Crippen molar-refractivity contribution in [3.8, 4) is 11.5 Å². The van der Waals surface area contributed by atoms with E-state index in [-0.39, 0.29) is 61.2 Å². The van der Waals surface area contributed by atoms with E-state index in [1.807, 2.05) is 60.7 Å². The van der Waals surface area contributed by atoms with Crippen molar-refractivity contribution in [1.29, 1.82) is 0 Å². The van der Waals surface area contributed by atoms with Crippen LogP contribution in [0, 0.1) is 5.92 Å². The minimum Gasteiger partial charge on any atom is -0.497 e. The van der Waals surface area contributed by atoms with Crippen molar-refractivity contribution in [2.24, 2.45) is 5.92 Å². The van der Waals surface area contributed by atoms with Gasteiger partial charge in [-0.2, -0.15) is 0 Å². The molecule has 2 fully saturated rings. The molecule has 1 spiro atoms. The van der Waals surface area contributed by atoms with E-state index >= 15 is 4.79 Å². The number of fused-ring (bicyclic) bond motifs is 3. The third-order valence-corrected chi connectivity index (χ3v) is 17.4. The number of hydrogen-bond donors (Lipinski definition) is 1. The van der Waals surface area contributed by atoms with Crippen molar-refractivity contribution < 1.29 is 43.2 Å². The number of carbonyl (C=O) groups is 4. The van der Waals surface area contributed by atoms with Crippen molar-refractivity contribution in [2.45, 2.75) is 88.8 Å². The molecule has 8 rings (SSSR count). The molecular formula is C46H51N3O9Si. The van der Waals surface area contributed by atoms with Gasteiger partial charge in [-0.3, -0.25) is 24.1 Å². The van der Waals surface area contributed by atoms with Gasteiger partial charge < -0.3 is 33.9 Å². The average Bonchev–Trinajstić information content (AvgIpc) is 3.65. The molecular weight excluding hydrogens is 767 g/mol. The number of methoxy groups -OCH3 is 2. The lowest BCUT2D eigenvalue weighted by molar-refractivity contribution is -0.154. The van der Waals surface area contributed by atoms with E-state index in [9.17, 15) is 19.5 Å². The third kappa shape index (κ3) is 6.88. The Morgan fingerprint density at radius 2 is 1.58 bits per heavy atom. The minimum atomic E-state index is -2.57. The van der Waals surface area contributed by atoms with Crippen LogP contribution < -0.4 is 24.5 Å². The molecule has 0 saturated carbocycles. The minimum absolute atomic E-state index is 0.0413. The Morgan fingerprint density at radius 1 is 0.898 bits per heavy atom. The van der Waals surface area contributed by atoms with E-state index in [0.29, 0.717) is 35.7 Å². The summed E-state index contributed by atoms with van der Waals surface area (Å²) in [5.74, 6) is 0.0266. The van der Waals surface area contributed by atoms with Crippen LogP contribution in [-0.4, -0.2) is 81.0 Å². The van der Waals surface area contributed by atoms with E-state index in [0.717, 1.165) is 27.6 Å². The van der Waals surface area contributed by atoms with Crippen LogP contribution in [0.5, 0.6) is 11.5 Å². The van der Waals surface area contributed by atoms with Crippen molar-refractivity contribution in [2.75, 3.05) is 30.6 Å². The first-order valence-electron chi connectivity index (χ1n) is 20.2. The number of anilines is 2. The normalized spacial score (nSPS) is 24.8. The van der Waals surface area contributed by atoms with E-state index < -0.39 is 32.0 Å². The van der Waals surface area contributed by atoms with Gasteiger partial charge in [0.1, 0.15) is 11.5 Å². The number of ether oxygens (including phenoxy) is 4. The molecule has 4 aliphatic rings. The second-order valence-electron chi connectivity index (χ2n) is 16.7. The smallest absolute Gasteiger partial charge is 0.304 e. The zero-order chi connectivity index (χ0) is 41.8. The highest BCUT2D eigenvalue weighted by atomic mass is 28.3. The molecule has 4 heterocycles. The summed E-state index contributed by atoms with van der Waals surface area (Å²) in [5, 5.41) is 11.7. The highest BCUT2D eigenvalue weighted by Crippen LogP contribution is 2.60. The Labute approximate surface area is 345 Å². The van der Waals surface area contributed by atoms with Gasteiger partial charge in [-0.05, 0) is 71.1 Å². The predicted octanol–water partition coefficient (Wildman–Crippen LogP) is 5.43. The van der Waals surface area contributed by atoms with Gasteiger partial charge in [0.15, 0.2) is 11.8 Å². The molecule has 12 nitrogen and oxygen atoms in total. The van der Waals surface area contributed by atoms with Crippen molar-refractivity contribution in [3.63, 3.8) is 0 Å². The number of benzene rings is 4. The lowest BCUT2D eigenvalue weighted by Crippen LogP contribution is -2.54. The molecule has 0 aliphatic carbocycles. The van der Waals surface area contributed by atoms with Gasteiger partial charge in [0.2, 0.25) is 11.8 Å². The Balaban J connectivity index is 1.16. The van der Waals surface area contributed by atoms with Crippen LogP contribution in [0.3, 0.4) is 0 Å². The summed E-state index contributed by atoms with van der Waals surface area (Å²) in [7, 11) is 0.660. The predicted molar refractivity (Wildman–Crippen MR) is 224 cm³/mol. The standard InChI is InChI=1S/C46H51N3O9Si/c1-28-44(59(5,6)37-18-15-35(55-3)16-19-37)40(23-41(52)47-26-32-10-8-7-9-31(32)21-34(47)27-50)58-46(28)38-22-36(56-4)17-20-39(38)48(45(46)54)25-30-11-13-33(14-12-30)49-42(53)24-43(49)57-29(2)51/h7-20,22,28,34,40,43-44,50H,21,23-27H2,1-6H3/t28-,34+,40+,43?,44-,46+/m1/s1. The molecule has 4 aromatic rings. The van der Waals surface area contributed by atoms with Crippen LogP contribution in [0.1, 0.15) is 48.9 Å². The van der Waals surface area contributed by atoms with Gasteiger partial charge >= 0.3 is 5.97 Å². The van der Waals surface area contributed by atoms with Crippen LogP contribution >= 0.6 is 0 Å². The lowest BCUT2D eigenvalue weighted by Gasteiger charge is -2.39. The first kappa shape index (κ1) is 40.3. The highest BCUT2D eigenvalue weighted by Gasteiger charge is 2.66. The molecule has 3 amide bonds. The summed E-state index contributed by atoms with van der Waals surface area (Å²) in [6.45, 7) is 8.41. The van der Waals surface area contributed by atoms with Crippen molar-refractivity contribution in [1.82, 2.24) is 4.90 Å².